The van der Waals surface area contributed by atoms with Gasteiger partial charge in [-0.1, -0.05) is 24.3 Å². The van der Waals surface area contributed by atoms with Crippen molar-refractivity contribution in [3.63, 3.8) is 0 Å². The lowest BCUT2D eigenvalue weighted by molar-refractivity contribution is 0.110. The normalized spacial score (nSPS) is 12.8. The van der Waals surface area contributed by atoms with Crippen molar-refractivity contribution < 1.29 is 9.84 Å². The molecule has 1 unspecified atom stereocenters. The average molecular weight is 180 g/mol. The van der Waals surface area contributed by atoms with Gasteiger partial charge in [0.1, 0.15) is 0 Å². The van der Waals surface area contributed by atoms with Crippen molar-refractivity contribution in [1.29, 1.82) is 0 Å². The molecular formula is C11H16O2. The monoisotopic (exact) mass is 180 g/mol. The lowest BCUT2D eigenvalue weighted by Gasteiger charge is -2.12. The predicted molar refractivity (Wildman–Crippen MR) is 52.6 cm³/mol. The minimum Gasteiger partial charge on any atom is -0.388 e. The Morgan fingerprint density at radius 3 is 2.69 bits per heavy atom. The van der Waals surface area contributed by atoms with Crippen LogP contribution in [0.5, 0.6) is 0 Å². The standard InChI is InChI=1S/C11H16O2/c1-9-5-3-4-6-10(9)11(12)7-8-13-2/h3-6,11-12H,7-8H2,1-2H3. The van der Waals surface area contributed by atoms with Crippen LogP contribution < -0.4 is 0 Å². The molecule has 0 amide bonds. The molecule has 72 valence electrons. The van der Waals surface area contributed by atoms with Crippen molar-refractivity contribution in [3.05, 3.63) is 35.4 Å². The lowest BCUT2D eigenvalue weighted by Crippen LogP contribution is -2.03. The molecule has 0 aromatic heterocycles. The number of benzene rings is 1. The molecule has 0 aliphatic carbocycles. The van der Waals surface area contributed by atoms with Crippen LogP contribution in [0.4, 0.5) is 0 Å². The van der Waals surface area contributed by atoms with Crippen molar-refractivity contribution >= 4 is 0 Å². The highest BCUT2D eigenvalue weighted by Gasteiger charge is 2.08. The van der Waals surface area contributed by atoms with Crippen molar-refractivity contribution in [2.24, 2.45) is 0 Å². The third kappa shape index (κ3) is 2.83. The number of ether oxygens (including phenoxy) is 1. The first kappa shape index (κ1) is 10.2. The van der Waals surface area contributed by atoms with Gasteiger partial charge in [-0.05, 0) is 18.1 Å². The highest BCUT2D eigenvalue weighted by atomic mass is 16.5. The van der Waals surface area contributed by atoms with Gasteiger partial charge in [0, 0.05) is 20.1 Å². The maximum Gasteiger partial charge on any atom is 0.0814 e. The molecular weight excluding hydrogens is 164 g/mol. The molecule has 0 aliphatic heterocycles. The summed E-state index contributed by atoms with van der Waals surface area (Å²) in [7, 11) is 1.64. The maximum atomic E-state index is 9.75. The molecule has 0 heterocycles. The van der Waals surface area contributed by atoms with Crippen LogP contribution in [0.1, 0.15) is 23.7 Å². The Hall–Kier alpha value is -0.860. The van der Waals surface area contributed by atoms with E-state index in [1.165, 1.54) is 0 Å². The van der Waals surface area contributed by atoms with Crippen LogP contribution in [0, 0.1) is 6.92 Å². The van der Waals surface area contributed by atoms with Gasteiger partial charge in [-0.3, -0.25) is 0 Å². The SMILES string of the molecule is COCCC(O)c1ccccc1C. The first-order chi connectivity index (χ1) is 6.25. The third-order valence-corrected chi connectivity index (χ3v) is 2.14. The lowest BCUT2D eigenvalue weighted by atomic mass is 10.0. The number of aliphatic hydroxyl groups is 1. The summed E-state index contributed by atoms with van der Waals surface area (Å²) in [5.41, 5.74) is 2.13. The van der Waals surface area contributed by atoms with Crippen LogP contribution in [0.3, 0.4) is 0 Å². The molecule has 0 fully saturated rings. The molecule has 0 saturated heterocycles. The number of methoxy groups -OCH3 is 1. The second-order valence-electron chi connectivity index (χ2n) is 3.15. The van der Waals surface area contributed by atoms with Gasteiger partial charge in [0.25, 0.3) is 0 Å². The number of aliphatic hydroxyl groups excluding tert-OH is 1. The molecule has 1 aromatic carbocycles. The maximum absolute atomic E-state index is 9.75. The molecule has 13 heavy (non-hydrogen) atoms. The molecule has 2 heteroatoms. The highest BCUT2D eigenvalue weighted by molar-refractivity contribution is 5.27. The van der Waals surface area contributed by atoms with E-state index in [2.05, 4.69) is 0 Å². The zero-order chi connectivity index (χ0) is 9.68. The zero-order valence-electron chi connectivity index (χ0n) is 8.16. The van der Waals surface area contributed by atoms with Gasteiger partial charge in [-0.25, -0.2) is 0 Å². The van der Waals surface area contributed by atoms with Crippen LogP contribution in [0.2, 0.25) is 0 Å². The Balaban J connectivity index is 2.65. The fourth-order valence-electron chi connectivity index (χ4n) is 1.35. The van der Waals surface area contributed by atoms with Crippen LogP contribution in [-0.4, -0.2) is 18.8 Å². The van der Waals surface area contributed by atoms with Crippen molar-refractivity contribution in [2.75, 3.05) is 13.7 Å². The Bertz CT molecular complexity index is 258. The Morgan fingerprint density at radius 2 is 2.08 bits per heavy atom. The third-order valence-electron chi connectivity index (χ3n) is 2.14. The minimum atomic E-state index is -0.402. The predicted octanol–water partition coefficient (Wildman–Crippen LogP) is 2.06. The number of hydrogen-bond donors (Lipinski definition) is 1. The van der Waals surface area contributed by atoms with Crippen LogP contribution >= 0.6 is 0 Å². The zero-order valence-corrected chi connectivity index (χ0v) is 8.16. The Morgan fingerprint density at radius 1 is 1.38 bits per heavy atom. The van der Waals surface area contributed by atoms with E-state index >= 15 is 0 Å². The first-order valence-corrected chi connectivity index (χ1v) is 4.48. The van der Waals surface area contributed by atoms with Crippen LogP contribution in [-0.2, 0) is 4.74 Å². The van der Waals surface area contributed by atoms with Crippen molar-refractivity contribution in [3.8, 4) is 0 Å². The van der Waals surface area contributed by atoms with Gasteiger partial charge in [0.2, 0.25) is 0 Å². The van der Waals surface area contributed by atoms with Gasteiger partial charge in [-0.15, -0.1) is 0 Å². The fourth-order valence-corrected chi connectivity index (χ4v) is 1.35. The van der Waals surface area contributed by atoms with Gasteiger partial charge >= 0.3 is 0 Å². The first-order valence-electron chi connectivity index (χ1n) is 4.48. The van der Waals surface area contributed by atoms with E-state index in [1.807, 2.05) is 31.2 Å². The summed E-state index contributed by atoms with van der Waals surface area (Å²) < 4.78 is 4.91. The second kappa shape index (κ2) is 5.00. The van der Waals surface area contributed by atoms with Crippen LogP contribution in [0.25, 0.3) is 0 Å². The summed E-state index contributed by atoms with van der Waals surface area (Å²) in [5, 5.41) is 9.75. The topological polar surface area (TPSA) is 29.5 Å². The number of hydrogen-bond acceptors (Lipinski definition) is 2. The number of aryl methyl sites for hydroxylation is 1. The summed E-state index contributed by atoms with van der Waals surface area (Å²) in [6, 6.07) is 7.88. The molecule has 1 N–H and O–H groups in total. The quantitative estimate of drug-likeness (QED) is 0.768. The van der Waals surface area contributed by atoms with E-state index in [0.29, 0.717) is 13.0 Å². The molecule has 0 saturated carbocycles. The van der Waals surface area contributed by atoms with E-state index in [4.69, 9.17) is 4.74 Å². The van der Waals surface area contributed by atoms with Gasteiger partial charge in [-0.2, -0.15) is 0 Å². The van der Waals surface area contributed by atoms with E-state index in [9.17, 15) is 5.11 Å². The van der Waals surface area contributed by atoms with E-state index in [1.54, 1.807) is 7.11 Å². The largest absolute Gasteiger partial charge is 0.388 e. The average Bonchev–Trinajstić information content (AvgIpc) is 2.15. The van der Waals surface area contributed by atoms with E-state index in [-0.39, 0.29) is 0 Å². The van der Waals surface area contributed by atoms with Crippen molar-refractivity contribution in [1.82, 2.24) is 0 Å². The summed E-state index contributed by atoms with van der Waals surface area (Å²) in [4.78, 5) is 0. The minimum absolute atomic E-state index is 0.402. The summed E-state index contributed by atoms with van der Waals surface area (Å²) in [6.07, 6.45) is 0.252. The van der Waals surface area contributed by atoms with E-state index in [0.717, 1.165) is 11.1 Å². The molecule has 0 aliphatic rings. The molecule has 1 atom stereocenters. The highest BCUT2D eigenvalue weighted by Crippen LogP contribution is 2.19. The second-order valence-corrected chi connectivity index (χ2v) is 3.15. The Labute approximate surface area is 79.2 Å². The number of rotatable bonds is 4. The van der Waals surface area contributed by atoms with Crippen molar-refractivity contribution in [2.45, 2.75) is 19.4 Å². The Kier molecular flexibility index (Phi) is 3.93. The van der Waals surface area contributed by atoms with Gasteiger partial charge < -0.3 is 9.84 Å². The molecule has 0 radical (unpaired) electrons. The smallest absolute Gasteiger partial charge is 0.0814 e. The molecule has 1 aromatic rings. The summed E-state index contributed by atoms with van der Waals surface area (Å²) in [5.74, 6) is 0. The molecule has 2 nitrogen and oxygen atoms in total. The van der Waals surface area contributed by atoms with Gasteiger partial charge in [0.15, 0.2) is 0 Å². The summed E-state index contributed by atoms with van der Waals surface area (Å²) >= 11 is 0. The summed E-state index contributed by atoms with van der Waals surface area (Å²) in [6.45, 7) is 2.60. The fraction of sp³-hybridized carbons (Fsp3) is 0.455. The molecule has 0 bridgehead atoms. The van der Waals surface area contributed by atoms with E-state index < -0.39 is 6.10 Å². The molecule has 0 spiro atoms. The van der Waals surface area contributed by atoms with Crippen LogP contribution in [0.15, 0.2) is 24.3 Å². The van der Waals surface area contributed by atoms with Gasteiger partial charge in [0.05, 0.1) is 6.10 Å². The molecule has 1 rings (SSSR count).